The van der Waals surface area contributed by atoms with E-state index < -0.39 is 16.0 Å². The second-order valence-corrected chi connectivity index (χ2v) is 11.5. The number of hydrogen-bond donors (Lipinski definition) is 1. The van der Waals surface area contributed by atoms with E-state index in [-0.39, 0.29) is 23.8 Å². The molecule has 3 aromatic rings. The smallest absolute Gasteiger partial charge is 0.327 e. The molecular weight excluding hydrogens is 532 g/mol. The van der Waals surface area contributed by atoms with Crippen LogP contribution in [-0.2, 0) is 19.7 Å². The monoisotopic (exact) mass is 564 g/mol. The van der Waals surface area contributed by atoms with Crippen LogP contribution >= 0.6 is 0 Å². The zero-order chi connectivity index (χ0) is 28.0. The topological polar surface area (TPSA) is 125 Å². The number of anilines is 2. The highest BCUT2D eigenvalue weighted by Gasteiger charge is 2.28. The number of sulfonamides is 1. The van der Waals surface area contributed by atoms with Gasteiger partial charge < -0.3 is 19.5 Å². The highest BCUT2D eigenvalue weighted by atomic mass is 32.2. The number of nitrogens with zero attached hydrogens (tertiary/aromatic N) is 5. The van der Waals surface area contributed by atoms with Crippen molar-refractivity contribution in [2.45, 2.75) is 24.2 Å². The lowest BCUT2D eigenvalue weighted by molar-refractivity contribution is -0.147. The Morgan fingerprint density at radius 3 is 2.20 bits per heavy atom. The van der Waals surface area contributed by atoms with Crippen LogP contribution in [0.2, 0.25) is 0 Å². The number of piperazine rings is 1. The molecular formula is C28H32N6O5S. The SMILES string of the molecule is O=C(CCN(CC1CC1)C(=O)c1ccc(N2CCN(c3ncccn3)CC2)cc1)ONS(=O)(=O)c1ccccc1. The summed E-state index contributed by atoms with van der Waals surface area (Å²) < 4.78 is 24.6. The Kier molecular flexibility index (Phi) is 8.56. The van der Waals surface area contributed by atoms with Crippen LogP contribution in [0.5, 0.6) is 0 Å². The van der Waals surface area contributed by atoms with Gasteiger partial charge in [0.05, 0.1) is 11.3 Å². The average Bonchev–Trinajstić information content (AvgIpc) is 3.83. The molecule has 11 nitrogen and oxygen atoms in total. The number of rotatable bonds is 11. The van der Waals surface area contributed by atoms with E-state index in [0.29, 0.717) is 18.0 Å². The van der Waals surface area contributed by atoms with E-state index in [1.165, 1.54) is 12.1 Å². The highest BCUT2D eigenvalue weighted by molar-refractivity contribution is 7.89. The van der Waals surface area contributed by atoms with Gasteiger partial charge in [0, 0.05) is 62.9 Å². The van der Waals surface area contributed by atoms with E-state index in [2.05, 4.69) is 19.8 Å². The molecule has 1 saturated heterocycles. The molecule has 2 fully saturated rings. The molecule has 1 aromatic heterocycles. The van der Waals surface area contributed by atoms with E-state index in [4.69, 9.17) is 4.84 Å². The van der Waals surface area contributed by atoms with Crippen LogP contribution in [-0.4, -0.2) is 74.4 Å². The standard InChI is InChI=1S/C28H32N6O5S/c35-26(39-31-40(37,38)25-5-2-1-3-6-25)13-16-34(21-22-7-8-22)27(36)23-9-11-24(12-10-23)32-17-19-33(20-18-32)28-29-14-4-15-30-28/h1-6,9-12,14-15,22,31H,7-8,13,16-21H2. The fourth-order valence-corrected chi connectivity index (χ4v) is 5.35. The quantitative estimate of drug-likeness (QED) is 0.350. The van der Waals surface area contributed by atoms with Crippen LogP contribution < -0.4 is 14.7 Å². The molecule has 2 aromatic carbocycles. The summed E-state index contributed by atoms with van der Waals surface area (Å²) in [6.45, 7) is 3.92. The van der Waals surface area contributed by atoms with Crippen LogP contribution in [0, 0.1) is 5.92 Å². The van der Waals surface area contributed by atoms with Gasteiger partial charge in [0.25, 0.3) is 15.9 Å². The third-order valence-electron chi connectivity index (χ3n) is 6.96. The number of carbonyl (C=O) groups is 2. The molecule has 0 bridgehead atoms. The van der Waals surface area contributed by atoms with Gasteiger partial charge in [0.2, 0.25) is 5.95 Å². The summed E-state index contributed by atoms with van der Waals surface area (Å²) >= 11 is 0. The Morgan fingerprint density at radius 1 is 0.900 bits per heavy atom. The van der Waals surface area contributed by atoms with Gasteiger partial charge in [-0.25, -0.2) is 18.4 Å². The van der Waals surface area contributed by atoms with Crippen molar-refractivity contribution < 1.29 is 22.8 Å². The Morgan fingerprint density at radius 2 is 1.55 bits per heavy atom. The average molecular weight is 565 g/mol. The molecule has 0 unspecified atom stereocenters. The van der Waals surface area contributed by atoms with Gasteiger partial charge in [-0.15, -0.1) is 0 Å². The van der Waals surface area contributed by atoms with Crippen molar-refractivity contribution in [2.24, 2.45) is 5.92 Å². The minimum atomic E-state index is -3.98. The molecule has 2 heterocycles. The van der Waals surface area contributed by atoms with Crippen LogP contribution in [0.1, 0.15) is 29.6 Å². The van der Waals surface area contributed by atoms with Gasteiger partial charge >= 0.3 is 5.97 Å². The van der Waals surface area contributed by atoms with Crippen LogP contribution in [0.15, 0.2) is 78.0 Å². The molecule has 5 rings (SSSR count). The fraction of sp³-hybridized carbons (Fsp3) is 0.357. The van der Waals surface area contributed by atoms with Crippen molar-refractivity contribution in [3.8, 4) is 0 Å². The summed E-state index contributed by atoms with van der Waals surface area (Å²) in [6, 6.07) is 17.0. The number of carbonyl (C=O) groups excluding carboxylic acids is 2. The molecule has 1 aliphatic carbocycles. The van der Waals surface area contributed by atoms with E-state index in [1.54, 1.807) is 41.6 Å². The Labute approximate surface area is 233 Å². The maximum Gasteiger partial charge on any atom is 0.327 e. The van der Waals surface area contributed by atoms with Gasteiger partial charge in [-0.2, -0.15) is 0 Å². The molecule has 1 saturated carbocycles. The van der Waals surface area contributed by atoms with Gasteiger partial charge in [-0.05, 0) is 66.1 Å². The van der Waals surface area contributed by atoms with Crippen molar-refractivity contribution >= 4 is 33.5 Å². The molecule has 0 radical (unpaired) electrons. The van der Waals surface area contributed by atoms with Gasteiger partial charge in [-0.3, -0.25) is 9.59 Å². The minimum Gasteiger partial charge on any atom is -0.368 e. The van der Waals surface area contributed by atoms with Gasteiger partial charge in [0.15, 0.2) is 0 Å². The van der Waals surface area contributed by atoms with E-state index in [9.17, 15) is 18.0 Å². The van der Waals surface area contributed by atoms with E-state index >= 15 is 0 Å². The first-order valence-corrected chi connectivity index (χ1v) is 14.8. The highest BCUT2D eigenvalue weighted by Crippen LogP contribution is 2.30. The van der Waals surface area contributed by atoms with Crippen molar-refractivity contribution in [1.82, 2.24) is 19.8 Å². The maximum absolute atomic E-state index is 13.3. The van der Waals surface area contributed by atoms with Gasteiger partial charge in [0.1, 0.15) is 0 Å². The zero-order valence-electron chi connectivity index (χ0n) is 22.1. The van der Waals surface area contributed by atoms with Gasteiger partial charge in [-0.1, -0.05) is 18.2 Å². The summed E-state index contributed by atoms with van der Waals surface area (Å²) in [5.74, 6) is 0.225. The lowest BCUT2D eigenvalue weighted by Crippen LogP contribution is -2.47. The summed E-state index contributed by atoms with van der Waals surface area (Å²) in [7, 11) is -3.98. The maximum atomic E-state index is 13.3. The fourth-order valence-electron chi connectivity index (χ4n) is 4.53. The molecule has 1 N–H and O–H groups in total. The van der Waals surface area contributed by atoms with Crippen molar-refractivity contribution in [3.05, 3.63) is 78.6 Å². The number of hydrogen-bond acceptors (Lipinski definition) is 9. The first kappa shape index (κ1) is 27.5. The second-order valence-electron chi connectivity index (χ2n) is 9.89. The Bertz CT molecular complexity index is 1390. The number of aromatic nitrogens is 2. The van der Waals surface area contributed by atoms with Crippen molar-refractivity contribution in [3.63, 3.8) is 0 Å². The van der Waals surface area contributed by atoms with E-state index in [1.807, 2.05) is 29.2 Å². The van der Waals surface area contributed by atoms with Crippen LogP contribution in [0.3, 0.4) is 0 Å². The lowest BCUT2D eigenvalue weighted by Gasteiger charge is -2.36. The predicted molar refractivity (Wildman–Crippen MR) is 149 cm³/mol. The molecule has 0 atom stereocenters. The number of nitrogens with one attached hydrogen (secondary N) is 1. The normalized spacial score (nSPS) is 15.5. The molecule has 12 heteroatoms. The second kappa shape index (κ2) is 12.4. The summed E-state index contributed by atoms with van der Waals surface area (Å²) in [5.41, 5.74) is 1.58. The lowest BCUT2D eigenvalue weighted by atomic mass is 10.1. The molecule has 2 aliphatic rings. The summed E-state index contributed by atoms with van der Waals surface area (Å²) in [6.07, 6.45) is 5.44. The summed E-state index contributed by atoms with van der Waals surface area (Å²) in [4.78, 5) is 47.0. The molecule has 40 heavy (non-hydrogen) atoms. The number of benzene rings is 2. The molecule has 210 valence electrons. The molecule has 0 spiro atoms. The Hall–Kier alpha value is -4.03. The Balaban J connectivity index is 1.14. The first-order chi connectivity index (χ1) is 19.4. The van der Waals surface area contributed by atoms with Crippen molar-refractivity contribution in [1.29, 1.82) is 0 Å². The van der Waals surface area contributed by atoms with Crippen molar-refractivity contribution in [2.75, 3.05) is 49.1 Å². The third-order valence-corrected chi connectivity index (χ3v) is 8.16. The number of amides is 1. The first-order valence-electron chi connectivity index (χ1n) is 13.3. The largest absolute Gasteiger partial charge is 0.368 e. The van der Waals surface area contributed by atoms with E-state index in [0.717, 1.165) is 50.7 Å². The molecule has 1 aliphatic heterocycles. The minimum absolute atomic E-state index is 0.0103. The summed E-state index contributed by atoms with van der Waals surface area (Å²) in [5, 5.41) is 0. The zero-order valence-corrected chi connectivity index (χ0v) is 22.9. The van der Waals surface area contributed by atoms with Crippen LogP contribution in [0.25, 0.3) is 0 Å². The third kappa shape index (κ3) is 7.13. The van der Waals surface area contributed by atoms with Crippen LogP contribution in [0.4, 0.5) is 11.6 Å². The molecule has 1 amide bonds. The predicted octanol–water partition coefficient (Wildman–Crippen LogP) is 2.48.